The maximum absolute atomic E-state index is 10.5. The largest absolute Gasteiger partial charge is 0.480 e. The monoisotopic (exact) mass is 295 g/mol. The zero-order valence-corrected chi connectivity index (χ0v) is 11.4. The molecular weight excluding hydrogens is 284 g/mol. The third kappa shape index (κ3) is 4.72. The van der Waals surface area contributed by atoms with E-state index in [2.05, 4.69) is 0 Å². The summed E-state index contributed by atoms with van der Waals surface area (Å²) in [4.78, 5) is 12.1. The number of halogens is 3. The Kier molecular flexibility index (Phi) is 5.53. The van der Waals surface area contributed by atoms with Crippen molar-refractivity contribution in [2.45, 2.75) is 5.38 Å². The first kappa shape index (κ1) is 14.6. The number of hydrogen-bond donors (Lipinski definition) is 1. The van der Waals surface area contributed by atoms with Crippen molar-refractivity contribution in [3.05, 3.63) is 33.8 Å². The van der Waals surface area contributed by atoms with Crippen LogP contribution in [-0.4, -0.2) is 36.1 Å². The number of aliphatic carboxylic acids is 1. The summed E-state index contributed by atoms with van der Waals surface area (Å²) in [6.07, 6.45) is 0. The van der Waals surface area contributed by atoms with E-state index in [0.717, 1.165) is 5.56 Å². The Morgan fingerprint density at radius 2 is 2.06 bits per heavy atom. The molecule has 1 unspecified atom stereocenters. The van der Waals surface area contributed by atoms with E-state index in [4.69, 9.17) is 39.9 Å². The molecule has 1 aromatic carbocycles. The minimum atomic E-state index is -0.884. The number of nitrogens with zero attached hydrogens (tertiary/aromatic N) is 1. The second-order valence-corrected chi connectivity index (χ2v) is 5.07. The summed E-state index contributed by atoms with van der Waals surface area (Å²) in [6, 6.07) is 5.14. The standard InChI is InChI=1S/C11H12Cl3NO2/c1-15(6-11(16)17)5-10(14)7-2-3-8(12)9(13)4-7/h2-4,10H,5-6H2,1H3,(H,16,17). The summed E-state index contributed by atoms with van der Waals surface area (Å²) in [7, 11) is 1.70. The number of alkyl halides is 1. The van der Waals surface area contributed by atoms with Crippen LogP contribution >= 0.6 is 34.8 Å². The molecule has 0 amide bonds. The lowest BCUT2D eigenvalue weighted by Gasteiger charge is -2.18. The Morgan fingerprint density at radius 3 is 2.59 bits per heavy atom. The van der Waals surface area contributed by atoms with Gasteiger partial charge in [-0.1, -0.05) is 29.3 Å². The van der Waals surface area contributed by atoms with Crippen LogP contribution < -0.4 is 0 Å². The maximum Gasteiger partial charge on any atom is 0.317 e. The predicted octanol–water partition coefficient (Wildman–Crippen LogP) is 3.29. The second kappa shape index (κ2) is 6.45. The number of carboxylic acids is 1. The summed E-state index contributed by atoms with van der Waals surface area (Å²) in [5.41, 5.74) is 0.818. The van der Waals surface area contributed by atoms with Gasteiger partial charge in [-0.2, -0.15) is 0 Å². The van der Waals surface area contributed by atoms with E-state index in [1.165, 1.54) is 0 Å². The van der Waals surface area contributed by atoms with E-state index in [1.54, 1.807) is 30.1 Å². The number of likely N-dealkylation sites (N-methyl/N-ethyl adjacent to an activating group) is 1. The molecule has 0 aromatic heterocycles. The molecule has 17 heavy (non-hydrogen) atoms. The lowest BCUT2D eigenvalue weighted by Crippen LogP contribution is -2.28. The second-order valence-electron chi connectivity index (χ2n) is 3.73. The fraction of sp³-hybridized carbons (Fsp3) is 0.364. The van der Waals surface area contributed by atoms with Gasteiger partial charge in [0, 0.05) is 6.54 Å². The first-order valence-corrected chi connectivity index (χ1v) is 6.08. The van der Waals surface area contributed by atoms with E-state index < -0.39 is 5.97 Å². The molecule has 0 aliphatic carbocycles. The van der Waals surface area contributed by atoms with Crippen LogP contribution in [-0.2, 0) is 4.79 Å². The van der Waals surface area contributed by atoms with Crippen LogP contribution in [0.25, 0.3) is 0 Å². The van der Waals surface area contributed by atoms with Gasteiger partial charge in [0.25, 0.3) is 0 Å². The molecule has 0 saturated heterocycles. The first-order chi connectivity index (χ1) is 7.90. The number of carbonyl (C=O) groups is 1. The molecule has 3 nitrogen and oxygen atoms in total. The molecule has 0 radical (unpaired) electrons. The van der Waals surface area contributed by atoms with Crippen LogP contribution in [0.3, 0.4) is 0 Å². The number of carboxylic acid groups (broad SMARTS) is 1. The molecule has 0 aliphatic rings. The quantitative estimate of drug-likeness (QED) is 0.848. The van der Waals surface area contributed by atoms with Gasteiger partial charge in [0.15, 0.2) is 0 Å². The maximum atomic E-state index is 10.5. The molecule has 0 fully saturated rings. The van der Waals surface area contributed by atoms with Gasteiger partial charge in [-0.3, -0.25) is 9.69 Å². The van der Waals surface area contributed by atoms with Crippen molar-refractivity contribution < 1.29 is 9.90 Å². The molecule has 6 heteroatoms. The SMILES string of the molecule is CN(CC(=O)O)CC(Cl)c1ccc(Cl)c(Cl)c1. The van der Waals surface area contributed by atoms with Crippen LogP contribution in [0.15, 0.2) is 18.2 Å². The Morgan fingerprint density at radius 1 is 1.41 bits per heavy atom. The Bertz CT molecular complexity index is 412. The smallest absolute Gasteiger partial charge is 0.317 e. The fourth-order valence-corrected chi connectivity index (χ4v) is 2.06. The van der Waals surface area contributed by atoms with Gasteiger partial charge in [-0.25, -0.2) is 0 Å². The Labute approximate surface area is 115 Å². The molecule has 0 saturated carbocycles. The van der Waals surface area contributed by atoms with Crippen LogP contribution in [0.1, 0.15) is 10.9 Å². The molecule has 1 atom stereocenters. The van der Waals surface area contributed by atoms with E-state index >= 15 is 0 Å². The molecule has 0 spiro atoms. The predicted molar refractivity (Wildman–Crippen MR) is 70.2 cm³/mol. The van der Waals surface area contributed by atoms with Gasteiger partial charge in [-0.05, 0) is 24.7 Å². The van der Waals surface area contributed by atoms with Gasteiger partial charge < -0.3 is 5.11 Å². The van der Waals surface area contributed by atoms with Gasteiger partial charge in [0.1, 0.15) is 0 Å². The zero-order chi connectivity index (χ0) is 13.0. The minimum Gasteiger partial charge on any atom is -0.480 e. The van der Waals surface area contributed by atoms with E-state index in [9.17, 15) is 4.79 Å². The first-order valence-electron chi connectivity index (χ1n) is 4.89. The molecule has 0 heterocycles. The molecule has 1 rings (SSSR count). The fourth-order valence-electron chi connectivity index (χ4n) is 1.38. The average molecular weight is 297 g/mol. The van der Waals surface area contributed by atoms with Crippen molar-refractivity contribution in [1.29, 1.82) is 0 Å². The molecule has 0 aliphatic heterocycles. The topological polar surface area (TPSA) is 40.5 Å². The van der Waals surface area contributed by atoms with Crippen LogP contribution in [0.5, 0.6) is 0 Å². The van der Waals surface area contributed by atoms with E-state index in [0.29, 0.717) is 16.6 Å². The van der Waals surface area contributed by atoms with Crippen molar-refractivity contribution in [1.82, 2.24) is 4.90 Å². The third-order valence-corrected chi connectivity index (χ3v) is 3.31. The van der Waals surface area contributed by atoms with Crippen LogP contribution in [0.2, 0.25) is 10.0 Å². The highest BCUT2D eigenvalue weighted by atomic mass is 35.5. The Balaban J connectivity index is 2.66. The van der Waals surface area contributed by atoms with E-state index in [1.807, 2.05) is 0 Å². The average Bonchev–Trinajstić information content (AvgIpc) is 2.20. The van der Waals surface area contributed by atoms with Crippen molar-refractivity contribution in [3.63, 3.8) is 0 Å². The summed E-state index contributed by atoms with van der Waals surface area (Å²) in [6.45, 7) is 0.371. The number of benzene rings is 1. The third-order valence-electron chi connectivity index (χ3n) is 2.18. The van der Waals surface area contributed by atoms with Crippen molar-refractivity contribution >= 4 is 40.8 Å². The van der Waals surface area contributed by atoms with Gasteiger partial charge in [-0.15, -0.1) is 11.6 Å². The van der Waals surface area contributed by atoms with Crippen molar-refractivity contribution in [2.24, 2.45) is 0 Å². The zero-order valence-electron chi connectivity index (χ0n) is 9.16. The van der Waals surface area contributed by atoms with Crippen molar-refractivity contribution in [2.75, 3.05) is 20.1 Å². The molecule has 0 bridgehead atoms. The summed E-state index contributed by atoms with van der Waals surface area (Å²) < 4.78 is 0. The van der Waals surface area contributed by atoms with Gasteiger partial charge in [0.05, 0.1) is 22.0 Å². The Hall–Kier alpha value is -0.480. The van der Waals surface area contributed by atoms with Crippen LogP contribution in [0.4, 0.5) is 0 Å². The molecule has 1 N–H and O–H groups in total. The highest BCUT2D eigenvalue weighted by Crippen LogP contribution is 2.28. The summed E-state index contributed by atoms with van der Waals surface area (Å²) in [5.74, 6) is -0.884. The number of hydrogen-bond acceptors (Lipinski definition) is 2. The van der Waals surface area contributed by atoms with Gasteiger partial charge >= 0.3 is 5.97 Å². The molecule has 94 valence electrons. The molecule has 1 aromatic rings. The van der Waals surface area contributed by atoms with Gasteiger partial charge in [0.2, 0.25) is 0 Å². The lowest BCUT2D eigenvalue weighted by atomic mass is 10.1. The van der Waals surface area contributed by atoms with Crippen LogP contribution in [0, 0.1) is 0 Å². The number of rotatable bonds is 5. The normalized spacial score (nSPS) is 12.8. The molecular formula is C11H12Cl3NO2. The van der Waals surface area contributed by atoms with E-state index in [-0.39, 0.29) is 11.9 Å². The van der Waals surface area contributed by atoms with Crippen molar-refractivity contribution in [3.8, 4) is 0 Å². The highest BCUT2D eigenvalue weighted by Gasteiger charge is 2.14. The summed E-state index contributed by atoms with van der Waals surface area (Å²) >= 11 is 17.8. The lowest BCUT2D eigenvalue weighted by molar-refractivity contribution is -0.137. The summed E-state index contributed by atoms with van der Waals surface area (Å²) in [5, 5.41) is 9.21. The highest BCUT2D eigenvalue weighted by molar-refractivity contribution is 6.42. The minimum absolute atomic E-state index is 0.0510.